The van der Waals surface area contributed by atoms with E-state index in [1.165, 1.54) is 141 Å². The highest BCUT2D eigenvalue weighted by Crippen LogP contribution is 2.13. The minimum Gasteiger partial charge on any atom is -0.352 e. The molecule has 0 saturated heterocycles. The van der Waals surface area contributed by atoms with Crippen LogP contribution < -0.4 is 5.32 Å². The van der Waals surface area contributed by atoms with Gasteiger partial charge in [0.2, 0.25) is 5.91 Å². The number of nitrogens with one attached hydrogen (secondary N) is 2. The Balaban J connectivity index is 2.28. The van der Waals surface area contributed by atoms with Gasteiger partial charge in [-0.05, 0) is 90.1 Å². The monoisotopic (exact) mass is 679 g/mol. The van der Waals surface area contributed by atoms with Gasteiger partial charge in [-0.15, -0.1) is 0 Å². The Morgan fingerprint density at radius 1 is 0.653 bits per heavy atom. The normalized spacial score (nSPS) is 12.9. The van der Waals surface area contributed by atoms with Gasteiger partial charge in [0.1, 0.15) is 0 Å². The molecule has 1 aromatic rings. The van der Waals surface area contributed by atoms with Crippen molar-refractivity contribution in [3.8, 4) is 0 Å². The first-order valence-corrected chi connectivity index (χ1v) is 20.7. The summed E-state index contributed by atoms with van der Waals surface area (Å²) in [6.07, 6.45) is 53.9. The molecule has 0 fully saturated rings. The van der Waals surface area contributed by atoms with E-state index in [4.69, 9.17) is 0 Å². The third-order valence-corrected chi connectivity index (χ3v) is 9.25. The van der Waals surface area contributed by atoms with Crippen LogP contribution in [0.4, 0.5) is 0 Å². The van der Waals surface area contributed by atoms with E-state index in [1.54, 1.807) is 13.3 Å². The van der Waals surface area contributed by atoms with Crippen molar-refractivity contribution in [1.82, 2.24) is 20.2 Å². The zero-order valence-electron chi connectivity index (χ0n) is 32.5. The first kappa shape index (κ1) is 44.6. The zero-order chi connectivity index (χ0) is 35.3. The Morgan fingerprint density at radius 3 is 1.49 bits per heavy atom. The lowest BCUT2D eigenvalue weighted by Gasteiger charge is -2.28. The number of nitrogens with zero attached hydrogens (tertiary/aromatic N) is 2. The van der Waals surface area contributed by atoms with Crippen LogP contribution in [0.2, 0.25) is 0 Å². The van der Waals surface area contributed by atoms with Crippen molar-refractivity contribution in [2.45, 2.75) is 187 Å². The third kappa shape index (κ3) is 31.3. The van der Waals surface area contributed by atoms with E-state index in [2.05, 4.69) is 82.6 Å². The van der Waals surface area contributed by atoms with Gasteiger partial charge in [0, 0.05) is 32.1 Å². The Bertz CT molecular complexity index is 900. The van der Waals surface area contributed by atoms with E-state index in [1.807, 2.05) is 6.20 Å². The van der Waals surface area contributed by atoms with Crippen LogP contribution in [0.3, 0.4) is 0 Å². The lowest BCUT2D eigenvalue weighted by molar-refractivity contribution is -0.119. The SMILES string of the molecule is CCCCC/C=C\C/C=C\CCCCCCCCN(CCCCCCCC/C=C\C/C=C\CCCCC)CC(Cc1c[nH]cn1)NC(C)=O. The number of carbonyl (C=O) groups is 1. The fourth-order valence-electron chi connectivity index (χ4n) is 6.36. The third-order valence-electron chi connectivity index (χ3n) is 9.25. The number of unbranched alkanes of at least 4 members (excludes halogenated alkanes) is 18. The van der Waals surface area contributed by atoms with Crippen molar-refractivity contribution in [1.29, 1.82) is 0 Å². The van der Waals surface area contributed by atoms with Gasteiger partial charge in [-0.2, -0.15) is 0 Å². The number of hydrogen-bond donors (Lipinski definition) is 2. The second-order valence-electron chi connectivity index (χ2n) is 14.1. The summed E-state index contributed by atoms with van der Waals surface area (Å²) < 4.78 is 0. The molecule has 0 saturated carbocycles. The van der Waals surface area contributed by atoms with Crippen molar-refractivity contribution in [2.75, 3.05) is 19.6 Å². The standard InChI is InChI=1S/C44H78N4O/c1-4-6-8-10-12-14-16-18-20-22-24-26-28-30-32-34-36-48(40-44(47-42(3)49)38-43-39-45-41-46-43)37-35-33-31-29-27-25-23-21-19-17-15-13-11-9-7-5-2/h12-15,18-21,39,41,44H,4-11,16-17,22-38,40H2,1-3H3,(H,45,46)(H,47,49)/b14-12-,15-13-,20-18-,21-19-. The van der Waals surface area contributed by atoms with Crippen LogP contribution in [0.15, 0.2) is 61.1 Å². The van der Waals surface area contributed by atoms with Crippen LogP contribution >= 0.6 is 0 Å². The number of aromatic nitrogens is 2. The molecule has 1 unspecified atom stereocenters. The molecular weight excluding hydrogens is 601 g/mol. The molecule has 280 valence electrons. The first-order chi connectivity index (χ1) is 24.2. The minimum absolute atomic E-state index is 0.0444. The van der Waals surface area contributed by atoms with E-state index < -0.39 is 0 Å². The minimum atomic E-state index is 0.0444. The van der Waals surface area contributed by atoms with Crippen LogP contribution in [0.25, 0.3) is 0 Å². The van der Waals surface area contributed by atoms with Crippen LogP contribution in [-0.4, -0.2) is 46.5 Å². The van der Waals surface area contributed by atoms with Gasteiger partial charge in [0.15, 0.2) is 0 Å². The van der Waals surface area contributed by atoms with Crippen LogP contribution in [0.1, 0.15) is 181 Å². The molecule has 1 atom stereocenters. The van der Waals surface area contributed by atoms with Gasteiger partial charge in [0.05, 0.1) is 12.0 Å². The summed E-state index contributed by atoms with van der Waals surface area (Å²) in [6.45, 7) is 9.29. The fraction of sp³-hybridized carbons (Fsp3) is 0.727. The maximum atomic E-state index is 12.0. The maximum Gasteiger partial charge on any atom is 0.217 e. The lowest BCUT2D eigenvalue weighted by Crippen LogP contribution is -2.45. The molecular formula is C44H78N4O. The summed E-state index contributed by atoms with van der Waals surface area (Å²) in [5.41, 5.74) is 1.01. The average Bonchev–Trinajstić information content (AvgIpc) is 3.60. The summed E-state index contributed by atoms with van der Waals surface area (Å²) in [7, 11) is 0. The largest absolute Gasteiger partial charge is 0.352 e. The molecule has 1 rings (SSSR count). The van der Waals surface area contributed by atoms with E-state index in [-0.39, 0.29) is 11.9 Å². The molecule has 0 aromatic carbocycles. The van der Waals surface area contributed by atoms with E-state index >= 15 is 0 Å². The second-order valence-corrected chi connectivity index (χ2v) is 14.1. The molecule has 1 aromatic heterocycles. The van der Waals surface area contributed by atoms with Crippen molar-refractivity contribution in [3.63, 3.8) is 0 Å². The summed E-state index contributed by atoms with van der Waals surface area (Å²) in [5.74, 6) is 0.0444. The number of amides is 1. The molecule has 0 bridgehead atoms. The van der Waals surface area contributed by atoms with Gasteiger partial charge >= 0.3 is 0 Å². The Morgan fingerprint density at radius 2 is 1.08 bits per heavy atom. The highest BCUT2D eigenvalue weighted by molar-refractivity contribution is 5.73. The van der Waals surface area contributed by atoms with Crippen LogP contribution in [-0.2, 0) is 11.2 Å². The molecule has 1 heterocycles. The van der Waals surface area contributed by atoms with Crippen LogP contribution in [0.5, 0.6) is 0 Å². The average molecular weight is 679 g/mol. The highest BCUT2D eigenvalue weighted by atomic mass is 16.1. The van der Waals surface area contributed by atoms with Gasteiger partial charge in [0.25, 0.3) is 0 Å². The summed E-state index contributed by atoms with van der Waals surface area (Å²) in [4.78, 5) is 22.1. The van der Waals surface area contributed by atoms with Gasteiger partial charge in [-0.25, -0.2) is 4.98 Å². The highest BCUT2D eigenvalue weighted by Gasteiger charge is 2.17. The molecule has 5 nitrogen and oxygen atoms in total. The second kappa shape index (κ2) is 35.4. The number of carbonyl (C=O) groups excluding carboxylic acids is 1. The summed E-state index contributed by atoms with van der Waals surface area (Å²) in [5, 5.41) is 3.21. The topological polar surface area (TPSA) is 61.0 Å². The predicted molar refractivity (Wildman–Crippen MR) is 215 cm³/mol. The van der Waals surface area contributed by atoms with Crippen LogP contribution in [0, 0.1) is 0 Å². The van der Waals surface area contributed by atoms with Gasteiger partial charge in [-0.3, -0.25) is 4.79 Å². The number of H-pyrrole nitrogens is 1. The Kier molecular flexibility index (Phi) is 32.3. The maximum absolute atomic E-state index is 12.0. The quantitative estimate of drug-likeness (QED) is 0.0555. The number of imidazole rings is 1. The molecule has 0 aliphatic rings. The molecule has 0 aliphatic heterocycles. The number of rotatable bonds is 35. The summed E-state index contributed by atoms with van der Waals surface area (Å²) in [6, 6.07) is 0.0926. The lowest BCUT2D eigenvalue weighted by atomic mass is 10.1. The Labute approximate surface area is 304 Å². The molecule has 0 spiro atoms. The van der Waals surface area contributed by atoms with Gasteiger partial charge < -0.3 is 15.2 Å². The molecule has 0 aliphatic carbocycles. The van der Waals surface area contributed by atoms with E-state index in [0.29, 0.717) is 0 Å². The van der Waals surface area contributed by atoms with E-state index in [0.717, 1.165) is 44.6 Å². The summed E-state index contributed by atoms with van der Waals surface area (Å²) >= 11 is 0. The number of hydrogen-bond acceptors (Lipinski definition) is 3. The van der Waals surface area contributed by atoms with Crippen molar-refractivity contribution in [2.24, 2.45) is 0 Å². The Hall–Kier alpha value is -2.40. The molecule has 5 heteroatoms. The molecule has 1 amide bonds. The molecule has 0 radical (unpaired) electrons. The molecule has 2 N–H and O–H groups in total. The van der Waals surface area contributed by atoms with Crippen molar-refractivity contribution < 1.29 is 4.79 Å². The predicted octanol–water partition coefficient (Wildman–Crippen LogP) is 12.4. The number of allylic oxidation sites excluding steroid dienone is 8. The van der Waals surface area contributed by atoms with E-state index in [9.17, 15) is 4.79 Å². The van der Waals surface area contributed by atoms with Crippen molar-refractivity contribution >= 4 is 5.91 Å². The smallest absolute Gasteiger partial charge is 0.217 e. The van der Waals surface area contributed by atoms with Gasteiger partial charge in [-0.1, -0.05) is 140 Å². The molecule has 49 heavy (non-hydrogen) atoms. The first-order valence-electron chi connectivity index (χ1n) is 20.7. The zero-order valence-corrected chi connectivity index (χ0v) is 32.5. The van der Waals surface area contributed by atoms with Crippen molar-refractivity contribution in [3.05, 3.63) is 66.8 Å². The number of aromatic amines is 1. The fourth-order valence-corrected chi connectivity index (χ4v) is 6.36.